The zero-order valence-corrected chi connectivity index (χ0v) is 14.2. The first-order chi connectivity index (χ1) is 11.9. The molecule has 0 amide bonds. The monoisotopic (exact) mass is 317 g/mol. The van der Waals surface area contributed by atoms with Crippen LogP contribution in [0.4, 0.5) is 0 Å². The van der Waals surface area contributed by atoms with Crippen molar-refractivity contribution in [3.05, 3.63) is 77.5 Å². The molecule has 122 valence electrons. The Morgan fingerprint density at radius 3 is 2.50 bits per heavy atom. The molecule has 0 radical (unpaired) electrons. The highest BCUT2D eigenvalue weighted by Crippen LogP contribution is 2.36. The summed E-state index contributed by atoms with van der Waals surface area (Å²) in [4.78, 5) is 0. The van der Waals surface area contributed by atoms with Crippen LogP contribution in [0.1, 0.15) is 29.7 Å². The number of para-hydroxylation sites is 1. The highest BCUT2D eigenvalue weighted by atomic mass is 16.5. The summed E-state index contributed by atoms with van der Waals surface area (Å²) in [5, 5.41) is 0. The van der Waals surface area contributed by atoms with Gasteiger partial charge in [0.1, 0.15) is 5.75 Å². The van der Waals surface area contributed by atoms with Gasteiger partial charge in [-0.2, -0.15) is 0 Å². The van der Waals surface area contributed by atoms with E-state index in [0.29, 0.717) is 0 Å². The number of aryl methyl sites for hydroxylation is 1. The number of benzene rings is 2. The number of fused-ring (bicyclic) bond motifs is 1. The predicted octanol–water partition coefficient (Wildman–Crippen LogP) is 5.09. The van der Waals surface area contributed by atoms with Crippen LogP contribution in [0.15, 0.2) is 60.7 Å². The van der Waals surface area contributed by atoms with Crippen molar-refractivity contribution in [3.8, 4) is 17.0 Å². The minimum Gasteiger partial charge on any atom is -0.496 e. The molecule has 0 saturated carbocycles. The van der Waals surface area contributed by atoms with Gasteiger partial charge in [0.15, 0.2) is 0 Å². The Hall–Kier alpha value is -2.48. The van der Waals surface area contributed by atoms with Crippen molar-refractivity contribution < 1.29 is 4.74 Å². The van der Waals surface area contributed by atoms with E-state index in [1.54, 1.807) is 7.11 Å². The molecule has 0 N–H and O–H groups in total. The van der Waals surface area contributed by atoms with Crippen LogP contribution >= 0.6 is 0 Å². The van der Waals surface area contributed by atoms with Gasteiger partial charge in [-0.3, -0.25) is 0 Å². The lowest BCUT2D eigenvalue weighted by Crippen LogP contribution is -2.10. The summed E-state index contributed by atoms with van der Waals surface area (Å²) in [6.07, 6.45) is 4.96. The zero-order chi connectivity index (χ0) is 16.4. The van der Waals surface area contributed by atoms with Crippen molar-refractivity contribution >= 4 is 0 Å². The van der Waals surface area contributed by atoms with Gasteiger partial charge in [0.25, 0.3) is 0 Å². The molecule has 2 nitrogen and oxygen atoms in total. The highest BCUT2D eigenvalue weighted by molar-refractivity contribution is 5.70. The lowest BCUT2D eigenvalue weighted by atomic mass is 9.98. The minimum atomic E-state index is 0.920. The molecule has 0 aliphatic heterocycles. The molecule has 0 fully saturated rings. The van der Waals surface area contributed by atoms with Crippen LogP contribution in [0.25, 0.3) is 11.3 Å². The maximum atomic E-state index is 5.62. The number of ether oxygens (including phenoxy) is 1. The predicted molar refractivity (Wildman–Crippen MR) is 98.6 cm³/mol. The number of hydrogen-bond acceptors (Lipinski definition) is 1. The first-order valence-corrected chi connectivity index (χ1v) is 8.75. The molecule has 2 aromatic carbocycles. The number of methoxy groups -OCH3 is 1. The first-order valence-electron chi connectivity index (χ1n) is 8.75. The average molecular weight is 317 g/mol. The third kappa shape index (κ3) is 2.73. The lowest BCUT2D eigenvalue weighted by Gasteiger charge is -2.18. The van der Waals surface area contributed by atoms with Crippen molar-refractivity contribution in [2.45, 2.75) is 32.2 Å². The van der Waals surface area contributed by atoms with Gasteiger partial charge >= 0.3 is 0 Å². The molecule has 1 heterocycles. The Bertz CT molecular complexity index is 832. The van der Waals surface area contributed by atoms with Gasteiger partial charge in [-0.25, -0.2) is 0 Å². The van der Waals surface area contributed by atoms with Gasteiger partial charge in [0, 0.05) is 17.8 Å². The Morgan fingerprint density at radius 1 is 0.917 bits per heavy atom. The maximum absolute atomic E-state index is 5.62. The summed E-state index contributed by atoms with van der Waals surface area (Å²) >= 11 is 0. The average Bonchev–Trinajstić information content (AvgIpc) is 3.01. The highest BCUT2D eigenvalue weighted by Gasteiger charge is 2.20. The smallest absolute Gasteiger partial charge is 0.128 e. The molecule has 0 unspecified atom stereocenters. The Balaban J connectivity index is 1.85. The summed E-state index contributed by atoms with van der Waals surface area (Å²) in [5.74, 6) is 0.946. The van der Waals surface area contributed by atoms with Gasteiger partial charge in [-0.1, -0.05) is 42.5 Å². The summed E-state index contributed by atoms with van der Waals surface area (Å²) in [6.45, 7) is 0.920. The molecule has 4 rings (SSSR count). The summed E-state index contributed by atoms with van der Waals surface area (Å²) in [5.41, 5.74) is 6.83. The second-order valence-electron chi connectivity index (χ2n) is 6.48. The fourth-order valence-corrected chi connectivity index (χ4v) is 3.79. The molecule has 0 bridgehead atoms. The SMILES string of the molecule is COc1ccccc1-c1cc2c(n1Cc1ccccc1)CCCC2. The summed E-state index contributed by atoms with van der Waals surface area (Å²) < 4.78 is 8.13. The second-order valence-corrected chi connectivity index (χ2v) is 6.48. The van der Waals surface area contributed by atoms with Crippen LogP contribution in [0.5, 0.6) is 5.75 Å². The molecule has 0 atom stereocenters. The van der Waals surface area contributed by atoms with E-state index in [2.05, 4.69) is 53.1 Å². The van der Waals surface area contributed by atoms with Crippen LogP contribution in [0.3, 0.4) is 0 Å². The zero-order valence-electron chi connectivity index (χ0n) is 14.2. The molecule has 1 aliphatic carbocycles. The number of hydrogen-bond donors (Lipinski definition) is 0. The van der Waals surface area contributed by atoms with Crippen molar-refractivity contribution in [1.82, 2.24) is 4.57 Å². The van der Waals surface area contributed by atoms with Gasteiger partial charge in [0.2, 0.25) is 0 Å². The van der Waals surface area contributed by atoms with Crippen molar-refractivity contribution in [1.29, 1.82) is 0 Å². The van der Waals surface area contributed by atoms with Crippen molar-refractivity contribution in [2.24, 2.45) is 0 Å². The lowest BCUT2D eigenvalue weighted by molar-refractivity contribution is 0.416. The molecule has 1 aliphatic rings. The fourth-order valence-electron chi connectivity index (χ4n) is 3.79. The number of nitrogens with zero attached hydrogens (tertiary/aromatic N) is 1. The number of rotatable bonds is 4. The Labute approximate surface area is 143 Å². The largest absolute Gasteiger partial charge is 0.496 e. The van der Waals surface area contributed by atoms with Gasteiger partial charge in [-0.05, 0) is 55.0 Å². The molecular weight excluding hydrogens is 294 g/mol. The van der Waals surface area contributed by atoms with Gasteiger partial charge in [0.05, 0.1) is 12.8 Å². The van der Waals surface area contributed by atoms with Gasteiger partial charge < -0.3 is 9.30 Å². The van der Waals surface area contributed by atoms with E-state index in [1.165, 1.54) is 53.8 Å². The second kappa shape index (κ2) is 6.56. The van der Waals surface area contributed by atoms with Crippen LogP contribution in [0, 0.1) is 0 Å². The van der Waals surface area contributed by atoms with Crippen LogP contribution in [-0.4, -0.2) is 11.7 Å². The molecule has 0 saturated heterocycles. The van der Waals surface area contributed by atoms with E-state index in [4.69, 9.17) is 4.74 Å². The van der Waals surface area contributed by atoms with E-state index < -0.39 is 0 Å². The molecule has 1 aromatic heterocycles. The number of aromatic nitrogens is 1. The Kier molecular flexibility index (Phi) is 4.12. The van der Waals surface area contributed by atoms with E-state index in [9.17, 15) is 0 Å². The quantitative estimate of drug-likeness (QED) is 0.653. The maximum Gasteiger partial charge on any atom is 0.128 e. The molecule has 3 aromatic rings. The first kappa shape index (κ1) is 15.1. The van der Waals surface area contributed by atoms with Crippen LogP contribution < -0.4 is 4.74 Å². The summed E-state index contributed by atoms with van der Waals surface area (Å²) in [6, 6.07) is 21.5. The molecule has 24 heavy (non-hydrogen) atoms. The molecule has 0 spiro atoms. The third-order valence-corrected chi connectivity index (χ3v) is 4.97. The van der Waals surface area contributed by atoms with E-state index >= 15 is 0 Å². The minimum absolute atomic E-state index is 0.920. The third-order valence-electron chi connectivity index (χ3n) is 4.97. The van der Waals surface area contributed by atoms with Crippen molar-refractivity contribution in [3.63, 3.8) is 0 Å². The fraction of sp³-hybridized carbons (Fsp3) is 0.273. The van der Waals surface area contributed by atoms with Crippen molar-refractivity contribution in [2.75, 3.05) is 7.11 Å². The summed E-state index contributed by atoms with van der Waals surface area (Å²) in [7, 11) is 1.75. The van der Waals surface area contributed by atoms with Crippen LogP contribution in [0.2, 0.25) is 0 Å². The van der Waals surface area contributed by atoms with E-state index in [0.717, 1.165) is 12.3 Å². The normalized spacial score (nSPS) is 13.5. The van der Waals surface area contributed by atoms with E-state index in [1.807, 2.05) is 12.1 Å². The topological polar surface area (TPSA) is 14.2 Å². The van der Waals surface area contributed by atoms with Gasteiger partial charge in [-0.15, -0.1) is 0 Å². The van der Waals surface area contributed by atoms with Crippen LogP contribution in [-0.2, 0) is 19.4 Å². The molecule has 2 heteroatoms. The van der Waals surface area contributed by atoms with E-state index in [-0.39, 0.29) is 0 Å². The Morgan fingerprint density at radius 2 is 1.67 bits per heavy atom. The standard InChI is InChI=1S/C22H23NO/c1-24-22-14-8-6-12-19(22)21-15-18-11-5-7-13-20(18)23(21)16-17-9-3-2-4-10-17/h2-4,6,8-10,12,14-15H,5,7,11,13,16H2,1H3. The molecular formula is C22H23NO.